The molecule has 4 N–H and O–H groups in total. The second kappa shape index (κ2) is 6.27. The highest BCUT2D eigenvalue weighted by Gasteiger charge is 2.27. The van der Waals surface area contributed by atoms with Gasteiger partial charge in [-0.2, -0.15) is 11.8 Å². The molecule has 0 fully saturated rings. The fourth-order valence-corrected chi connectivity index (χ4v) is 1.98. The molecule has 4 nitrogen and oxygen atoms in total. The number of hydrogen-bond donors (Lipinski definition) is 3. The van der Waals surface area contributed by atoms with Gasteiger partial charge in [0.1, 0.15) is 0 Å². The molecule has 5 heteroatoms. The third-order valence-corrected chi connectivity index (χ3v) is 3.70. The molecule has 0 aromatic carbocycles. The van der Waals surface area contributed by atoms with Crippen LogP contribution in [0.2, 0.25) is 0 Å². The van der Waals surface area contributed by atoms with Crippen molar-refractivity contribution in [3.05, 3.63) is 0 Å². The minimum absolute atomic E-state index is 0.152. The number of nitrogens with one attached hydrogen (secondary N) is 1. The van der Waals surface area contributed by atoms with Crippen LogP contribution in [0.1, 0.15) is 27.2 Å². The van der Waals surface area contributed by atoms with Crippen LogP contribution in [-0.4, -0.2) is 28.6 Å². The van der Waals surface area contributed by atoms with E-state index < -0.39 is 5.41 Å². The summed E-state index contributed by atoms with van der Waals surface area (Å²) in [6.07, 6.45) is 0.755. The molecule has 0 radical (unpaired) electrons. The maximum absolute atomic E-state index is 11.3. The molecular formula is C9H20N2O2S. The summed E-state index contributed by atoms with van der Waals surface area (Å²) in [5.74, 6) is 5.63. The fraction of sp³-hybridized carbons (Fsp3) is 0.889. The topological polar surface area (TPSA) is 75.3 Å². The molecule has 0 aliphatic carbocycles. The van der Waals surface area contributed by atoms with Gasteiger partial charge in [-0.05, 0) is 6.42 Å². The van der Waals surface area contributed by atoms with Crippen molar-refractivity contribution < 1.29 is 9.90 Å². The zero-order valence-corrected chi connectivity index (χ0v) is 9.86. The van der Waals surface area contributed by atoms with E-state index in [2.05, 4.69) is 5.43 Å². The van der Waals surface area contributed by atoms with Gasteiger partial charge in [0, 0.05) is 17.6 Å². The number of carbonyl (C=O) groups excluding carboxylic acids is 1. The first-order valence-corrected chi connectivity index (χ1v) is 5.72. The van der Waals surface area contributed by atoms with Crippen LogP contribution in [0.5, 0.6) is 0 Å². The predicted octanol–water partition coefficient (Wildman–Crippen LogP) is 0.507. The maximum Gasteiger partial charge on any atom is 0.240 e. The van der Waals surface area contributed by atoms with Crippen LogP contribution in [0, 0.1) is 5.41 Å². The summed E-state index contributed by atoms with van der Waals surface area (Å²) in [6, 6.07) is 0. The lowest BCUT2D eigenvalue weighted by atomic mass is 9.96. The Balaban J connectivity index is 3.92. The minimum atomic E-state index is -0.455. The highest BCUT2D eigenvalue weighted by molar-refractivity contribution is 7.99. The SMILES string of the molecule is CC(CCO)SCC(C)(C)C(=O)NN. The Kier molecular flexibility index (Phi) is 6.15. The van der Waals surface area contributed by atoms with Crippen LogP contribution in [0.4, 0.5) is 0 Å². The van der Waals surface area contributed by atoms with Gasteiger partial charge in [0.15, 0.2) is 0 Å². The molecule has 0 aromatic heterocycles. The van der Waals surface area contributed by atoms with Crippen molar-refractivity contribution >= 4 is 17.7 Å². The quantitative estimate of drug-likeness (QED) is 0.346. The standard InChI is InChI=1S/C9H20N2O2S/c1-7(4-5-12)14-6-9(2,3)8(13)11-10/h7,12H,4-6,10H2,1-3H3,(H,11,13). The normalized spacial score (nSPS) is 13.8. The second-order valence-electron chi connectivity index (χ2n) is 3.99. The molecule has 0 saturated carbocycles. The summed E-state index contributed by atoms with van der Waals surface area (Å²) >= 11 is 1.68. The molecule has 0 heterocycles. The maximum atomic E-state index is 11.3. The van der Waals surface area contributed by atoms with Gasteiger partial charge in [-0.1, -0.05) is 20.8 Å². The van der Waals surface area contributed by atoms with E-state index in [9.17, 15) is 4.79 Å². The first-order valence-electron chi connectivity index (χ1n) is 4.67. The van der Waals surface area contributed by atoms with Crippen molar-refractivity contribution in [1.29, 1.82) is 0 Å². The second-order valence-corrected chi connectivity index (χ2v) is 5.42. The monoisotopic (exact) mass is 220 g/mol. The number of thioether (sulfide) groups is 1. The summed E-state index contributed by atoms with van der Waals surface area (Å²) in [6.45, 7) is 5.94. The van der Waals surface area contributed by atoms with E-state index in [1.807, 2.05) is 20.8 Å². The number of nitrogens with two attached hydrogens (primary N) is 1. The van der Waals surface area contributed by atoms with Gasteiger partial charge >= 0.3 is 0 Å². The van der Waals surface area contributed by atoms with Gasteiger partial charge in [0.25, 0.3) is 0 Å². The third kappa shape index (κ3) is 4.83. The molecule has 0 aliphatic rings. The number of hydrogen-bond acceptors (Lipinski definition) is 4. The lowest BCUT2D eigenvalue weighted by Gasteiger charge is -2.23. The molecular weight excluding hydrogens is 200 g/mol. The van der Waals surface area contributed by atoms with Crippen molar-refractivity contribution in [2.75, 3.05) is 12.4 Å². The van der Waals surface area contributed by atoms with E-state index in [0.717, 1.165) is 6.42 Å². The fourth-order valence-electron chi connectivity index (χ4n) is 0.877. The van der Waals surface area contributed by atoms with E-state index >= 15 is 0 Å². The highest BCUT2D eigenvalue weighted by atomic mass is 32.2. The van der Waals surface area contributed by atoms with Crippen LogP contribution < -0.4 is 11.3 Å². The van der Waals surface area contributed by atoms with E-state index in [0.29, 0.717) is 11.0 Å². The first kappa shape index (κ1) is 13.7. The van der Waals surface area contributed by atoms with Gasteiger partial charge in [0.2, 0.25) is 5.91 Å². The Morgan fingerprint density at radius 1 is 1.64 bits per heavy atom. The molecule has 0 aromatic rings. The smallest absolute Gasteiger partial charge is 0.240 e. The van der Waals surface area contributed by atoms with Gasteiger partial charge in [0.05, 0.1) is 5.41 Å². The number of aliphatic hydroxyl groups is 1. The lowest BCUT2D eigenvalue weighted by molar-refractivity contribution is -0.128. The van der Waals surface area contributed by atoms with Crippen molar-refractivity contribution in [2.45, 2.75) is 32.4 Å². The Morgan fingerprint density at radius 3 is 2.64 bits per heavy atom. The molecule has 0 rings (SSSR count). The zero-order chi connectivity index (χ0) is 11.2. The van der Waals surface area contributed by atoms with Crippen molar-refractivity contribution in [1.82, 2.24) is 5.43 Å². The number of aliphatic hydroxyl groups excluding tert-OH is 1. The van der Waals surface area contributed by atoms with E-state index in [1.54, 1.807) is 11.8 Å². The largest absolute Gasteiger partial charge is 0.396 e. The molecule has 14 heavy (non-hydrogen) atoms. The molecule has 1 unspecified atom stereocenters. The Hall–Kier alpha value is -0.260. The highest BCUT2D eigenvalue weighted by Crippen LogP contribution is 2.25. The Morgan fingerprint density at radius 2 is 2.21 bits per heavy atom. The van der Waals surface area contributed by atoms with Gasteiger partial charge in [-0.25, -0.2) is 5.84 Å². The average Bonchev–Trinajstić information content (AvgIpc) is 2.14. The summed E-state index contributed by atoms with van der Waals surface area (Å²) in [5, 5.41) is 9.07. The van der Waals surface area contributed by atoms with Gasteiger partial charge in [-0.15, -0.1) is 0 Å². The van der Waals surface area contributed by atoms with Crippen LogP contribution in [0.15, 0.2) is 0 Å². The molecule has 84 valence electrons. The zero-order valence-electron chi connectivity index (χ0n) is 9.04. The molecule has 0 spiro atoms. The van der Waals surface area contributed by atoms with Crippen LogP contribution in [-0.2, 0) is 4.79 Å². The Bertz CT molecular complexity index is 186. The minimum Gasteiger partial charge on any atom is -0.396 e. The third-order valence-electron chi connectivity index (χ3n) is 2.01. The summed E-state index contributed by atoms with van der Waals surface area (Å²) in [5.41, 5.74) is 1.70. The molecule has 0 bridgehead atoms. The van der Waals surface area contributed by atoms with Crippen LogP contribution >= 0.6 is 11.8 Å². The van der Waals surface area contributed by atoms with Gasteiger partial charge < -0.3 is 5.11 Å². The first-order chi connectivity index (χ1) is 6.44. The molecule has 1 atom stereocenters. The van der Waals surface area contributed by atoms with E-state index in [4.69, 9.17) is 10.9 Å². The van der Waals surface area contributed by atoms with Crippen LogP contribution in [0.3, 0.4) is 0 Å². The van der Waals surface area contributed by atoms with Crippen LogP contribution in [0.25, 0.3) is 0 Å². The average molecular weight is 220 g/mol. The summed E-state index contributed by atoms with van der Waals surface area (Å²) in [4.78, 5) is 11.3. The molecule has 0 aliphatic heterocycles. The summed E-state index contributed by atoms with van der Waals surface area (Å²) in [7, 11) is 0. The van der Waals surface area contributed by atoms with E-state index in [1.165, 1.54) is 0 Å². The number of rotatable bonds is 6. The number of hydrazine groups is 1. The van der Waals surface area contributed by atoms with Crippen molar-refractivity contribution in [3.63, 3.8) is 0 Å². The Labute approximate surface area is 89.6 Å². The van der Waals surface area contributed by atoms with E-state index in [-0.39, 0.29) is 12.5 Å². The lowest BCUT2D eigenvalue weighted by Crippen LogP contribution is -2.42. The summed E-state index contributed by atoms with van der Waals surface area (Å²) < 4.78 is 0. The van der Waals surface area contributed by atoms with Gasteiger partial charge in [-0.3, -0.25) is 10.2 Å². The molecule has 1 amide bonds. The molecule has 0 saturated heterocycles. The number of carbonyl (C=O) groups is 1. The predicted molar refractivity (Wildman–Crippen MR) is 59.7 cm³/mol. The van der Waals surface area contributed by atoms with Crippen molar-refractivity contribution in [3.8, 4) is 0 Å². The van der Waals surface area contributed by atoms with Crippen molar-refractivity contribution in [2.24, 2.45) is 11.3 Å². The number of amides is 1.